The Hall–Kier alpha value is -0.730. The van der Waals surface area contributed by atoms with Crippen LogP contribution in [0.15, 0.2) is 12.3 Å². The van der Waals surface area contributed by atoms with Gasteiger partial charge in [-0.25, -0.2) is 4.98 Å². The van der Waals surface area contributed by atoms with Crippen LogP contribution in [0.2, 0.25) is 10.0 Å². The number of hydrogen-bond acceptors (Lipinski definition) is 1. The largest absolute Gasteiger partial charge is 0.301 e. The lowest BCUT2D eigenvalue weighted by Crippen LogP contribution is -2.15. The Morgan fingerprint density at radius 1 is 1.35 bits per heavy atom. The standard InChI is InChI=1S/C13H14Cl2N2/c1-7-3-8(2)12-11(4-7)16-13-10(15)5-9(14)6-17(12)13/h5-8H,3-4H2,1-2H3. The van der Waals surface area contributed by atoms with Gasteiger partial charge >= 0.3 is 0 Å². The molecule has 0 radical (unpaired) electrons. The van der Waals surface area contributed by atoms with Gasteiger partial charge in [0, 0.05) is 11.9 Å². The second-order valence-electron chi connectivity index (χ2n) is 5.09. The van der Waals surface area contributed by atoms with E-state index in [4.69, 9.17) is 23.2 Å². The first-order valence-corrected chi connectivity index (χ1v) is 6.67. The zero-order chi connectivity index (χ0) is 12.2. The quantitative estimate of drug-likeness (QED) is 0.696. The second-order valence-corrected chi connectivity index (χ2v) is 5.93. The minimum absolute atomic E-state index is 0.512. The Balaban J connectivity index is 2.32. The van der Waals surface area contributed by atoms with Crippen molar-refractivity contribution >= 4 is 28.8 Å². The van der Waals surface area contributed by atoms with Crippen molar-refractivity contribution in [3.63, 3.8) is 0 Å². The van der Waals surface area contributed by atoms with E-state index in [1.807, 2.05) is 6.20 Å². The molecule has 1 aliphatic rings. The van der Waals surface area contributed by atoms with Gasteiger partial charge in [0.25, 0.3) is 0 Å². The number of hydrogen-bond donors (Lipinski definition) is 0. The molecule has 0 amide bonds. The molecule has 0 bridgehead atoms. The molecule has 0 aliphatic heterocycles. The van der Waals surface area contributed by atoms with E-state index >= 15 is 0 Å². The number of aromatic nitrogens is 2. The minimum atomic E-state index is 0.512. The number of halogens is 2. The second kappa shape index (κ2) is 3.89. The molecular formula is C13H14Cl2N2. The Labute approximate surface area is 111 Å². The fourth-order valence-corrected chi connectivity index (χ4v) is 3.45. The van der Waals surface area contributed by atoms with Crippen LogP contribution in [-0.4, -0.2) is 9.38 Å². The summed E-state index contributed by atoms with van der Waals surface area (Å²) >= 11 is 12.3. The summed E-state index contributed by atoms with van der Waals surface area (Å²) in [6.45, 7) is 4.52. The lowest BCUT2D eigenvalue weighted by Gasteiger charge is -2.23. The summed E-state index contributed by atoms with van der Waals surface area (Å²) in [6.07, 6.45) is 4.15. The van der Waals surface area contributed by atoms with E-state index < -0.39 is 0 Å². The SMILES string of the molecule is CC1Cc2nc3c(Cl)cc(Cl)cn3c2C(C)C1. The van der Waals surface area contributed by atoms with Crippen molar-refractivity contribution in [1.82, 2.24) is 9.38 Å². The van der Waals surface area contributed by atoms with Gasteiger partial charge in [-0.15, -0.1) is 0 Å². The monoisotopic (exact) mass is 268 g/mol. The van der Waals surface area contributed by atoms with Crippen molar-refractivity contribution < 1.29 is 0 Å². The van der Waals surface area contributed by atoms with Gasteiger partial charge in [-0.1, -0.05) is 37.0 Å². The summed E-state index contributed by atoms with van der Waals surface area (Å²) in [7, 11) is 0. The average molecular weight is 269 g/mol. The van der Waals surface area contributed by atoms with Crippen LogP contribution in [0, 0.1) is 5.92 Å². The highest BCUT2D eigenvalue weighted by Crippen LogP contribution is 2.36. The number of fused-ring (bicyclic) bond motifs is 3. The lowest BCUT2D eigenvalue weighted by atomic mass is 9.84. The lowest BCUT2D eigenvalue weighted by molar-refractivity contribution is 0.437. The van der Waals surface area contributed by atoms with E-state index in [9.17, 15) is 0 Å². The van der Waals surface area contributed by atoms with Gasteiger partial charge in [0.2, 0.25) is 0 Å². The van der Waals surface area contributed by atoms with Crippen LogP contribution in [0.3, 0.4) is 0 Å². The van der Waals surface area contributed by atoms with Gasteiger partial charge in [0.15, 0.2) is 5.65 Å². The summed E-state index contributed by atoms with van der Waals surface area (Å²) in [5.74, 6) is 1.20. The molecule has 2 aromatic rings. The summed E-state index contributed by atoms with van der Waals surface area (Å²) < 4.78 is 2.07. The van der Waals surface area contributed by atoms with Crippen LogP contribution < -0.4 is 0 Å². The normalized spacial score (nSPS) is 24.0. The van der Waals surface area contributed by atoms with Gasteiger partial charge in [0.05, 0.1) is 15.7 Å². The topological polar surface area (TPSA) is 17.3 Å². The van der Waals surface area contributed by atoms with E-state index in [2.05, 4.69) is 23.2 Å². The van der Waals surface area contributed by atoms with Crippen molar-refractivity contribution in [2.45, 2.75) is 32.6 Å². The molecule has 3 rings (SSSR count). The molecule has 4 heteroatoms. The molecule has 2 aromatic heterocycles. The number of imidazole rings is 1. The number of nitrogens with zero attached hydrogens (tertiary/aromatic N) is 2. The molecule has 0 spiro atoms. The van der Waals surface area contributed by atoms with Crippen molar-refractivity contribution in [1.29, 1.82) is 0 Å². The Kier molecular flexibility index (Phi) is 2.60. The summed E-state index contributed by atoms with van der Waals surface area (Å²) in [6, 6.07) is 1.75. The fourth-order valence-electron chi connectivity index (χ4n) is 2.94. The average Bonchev–Trinajstić information content (AvgIpc) is 2.56. The van der Waals surface area contributed by atoms with Crippen LogP contribution in [0.1, 0.15) is 37.6 Å². The van der Waals surface area contributed by atoms with Crippen LogP contribution >= 0.6 is 23.2 Å². The zero-order valence-corrected chi connectivity index (χ0v) is 11.4. The number of pyridine rings is 1. The van der Waals surface area contributed by atoms with Gasteiger partial charge < -0.3 is 4.40 Å². The third-order valence-corrected chi connectivity index (χ3v) is 4.00. The first-order valence-electron chi connectivity index (χ1n) is 5.92. The number of rotatable bonds is 0. The van der Waals surface area contributed by atoms with Gasteiger partial charge in [-0.3, -0.25) is 0 Å². The maximum Gasteiger partial charge on any atom is 0.156 e. The molecular weight excluding hydrogens is 255 g/mol. The van der Waals surface area contributed by atoms with Crippen LogP contribution in [0.4, 0.5) is 0 Å². The maximum atomic E-state index is 6.20. The molecule has 17 heavy (non-hydrogen) atoms. The molecule has 0 aromatic carbocycles. The van der Waals surface area contributed by atoms with E-state index in [0.29, 0.717) is 21.9 Å². The Morgan fingerprint density at radius 2 is 2.12 bits per heavy atom. The van der Waals surface area contributed by atoms with E-state index in [1.54, 1.807) is 6.07 Å². The molecule has 2 nitrogen and oxygen atoms in total. The van der Waals surface area contributed by atoms with Crippen LogP contribution in [0.5, 0.6) is 0 Å². The van der Waals surface area contributed by atoms with E-state index in [1.165, 1.54) is 17.8 Å². The summed E-state index contributed by atoms with van der Waals surface area (Å²) in [5, 5.41) is 1.29. The smallest absolute Gasteiger partial charge is 0.156 e. The van der Waals surface area contributed by atoms with Gasteiger partial charge in [-0.05, 0) is 30.7 Å². The molecule has 90 valence electrons. The van der Waals surface area contributed by atoms with Crippen molar-refractivity contribution in [2.75, 3.05) is 0 Å². The summed E-state index contributed by atoms with van der Waals surface area (Å²) in [5.41, 5.74) is 3.30. The predicted octanol–water partition coefficient (Wildman–Crippen LogP) is 4.33. The molecule has 2 heterocycles. The van der Waals surface area contributed by atoms with Crippen molar-refractivity contribution in [3.8, 4) is 0 Å². The first-order chi connectivity index (χ1) is 8.06. The van der Waals surface area contributed by atoms with Gasteiger partial charge in [-0.2, -0.15) is 0 Å². The third kappa shape index (κ3) is 1.74. The fraction of sp³-hybridized carbons (Fsp3) is 0.462. The molecule has 0 saturated carbocycles. The molecule has 2 unspecified atom stereocenters. The Morgan fingerprint density at radius 3 is 2.88 bits per heavy atom. The highest BCUT2D eigenvalue weighted by molar-refractivity contribution is 6.36. The van der Waals surface area contributed by atoms with E-state index in [-0.39, 0.29) is 0 Å². The van der Waals surface area contributed by atoms with Gasteiger partial charge in [0.1, 0.15) is 0 Å². The first kappa shape index (κ1) is 11.4. The molecule has 2 atom stereocenters. The predicted molar refractivity (Wildman–Crippen MR) is 71.1 cm³/mol. The summed E-state index contributed by atoms with van der Waals surface area (Å²) in [4.78, 5) is 4.67. The molecule has 0 fully saturated rings. The Bertz CT molecular complexity index is 589. The van der Waals surface area contributed by atoms with Crippen molar-refractivity contribution in [2.24, 2.45) is 5.92 Å². The third-order valence-electron chi connectivity index (χ3n) is 3.52. The maximum absolute atomic E-state index is 6.20. The van der Waals surface area contributed by atoms with Crippen LogP contribution in [-0.2, 0) is 6.42 Å². The molecule has 0 N–H and O–H groups in total. The van der Waals surface area contributed by atoms with Crippen LogP contribution in [0.25, 0.3) is 5.65 Å². The van der Waals surface area contributed by atoms with Crippen molar-refractivity contribution in [3.05, 3.63) is 33.7 Å². The molecule has 1 aliphatic carbocycles. The highest BCUT2D eigenvalue weighted by atomic mass is 35.5. The highest BCUT2D eigenvalue weighted by Gasteiger charge is 2.27. The molecule has 0 saturated heterocycles. The van der Waals surface area contributed by atoms with E-state index in [0.717, 1.165) is 12.1 Å². The minimum Gasteiger partial charge on any atom is -0.301 e. The zero-order valence-electron chi connectivity index (χ0n) is 9.87.